The highest BCUT2D eigenvalue weighted by Crippen LogP contribution is 2.18. The Morgan fingerprint density at radius 3 is 1.29 bits per heavy atom. The second kappa shape index (κ2) is 50.1. The first kappa shape index (κ1) is 60.1. The van der Waals surface area contributed by atoms with E-state index in [1.54, 1.807) is 0 Å². The monoisotopic (exact) mass is 872 g/mol. The Hall–Kier alpha value is -1.92. The van der Waals surface area contributed by atoms with E-state index in [-0.39, 0.29) is 24.9 Å². The Kier molecular flexibility index (Phi) is 48.5. The van der Waals surface area contributed by atoms with Crippen molar-refractivity contribution in [2.24, 2.45) is 0 Å². The Morgan fingerprint density at radius 2 is 0.823 bits per heavy atom. The van der Waals surface area contributed by atoms with Crippen molar-refractivity contribution in [2.75, 3.05) is 6.61 Å². The van der Waals surface area contributed by atoms with Gasteiger partial charge < -0.3 is 20.3 Å². The van der Waals surface area contributed by atoms with E-state index in [1.165, 1.54) is 154 Å². The summed E-state index contributed by atoms with van der Waals surface area (Å²) in [6.45, 7) is 6.46. The van der Waals surface area contributed by atoms with Crippen LogP contribution in [0.15, 0.2) is 36.5 Å². The van der Waals surface area contributed by atoms with Crippen molar-refractivity contribution >= 4 is 11.9 Å². The van der Waals surface area contributed by atoms with Crippen LogP contribution in [0.3, 0.4) is 0 Å². The summed E-state index contributed by atoms with van der Waals surface area (Å²) in [4.78, 5) is 26.1. The standard InChI is InChI=1S/C56H105NO5/c1-4-7-10-13-16-19-22-24-26-28-29-31-33-36-39-42-45-48-54(59)53(51-58)57-55(60)50-52(47-44-41-38-35-21-18-15-12-9-6-3)62-56(61)49-46-43-40-37-34-32-30-27-25-23-20-17-14-11-8-5-2/h18,21,27,30,32,34,52-54,58-59H,4-17,19-20,22-26,28-29,31,33,35-51H2,1-3H3,(H,57,60)/b21-18-,30-27+,34-32+. The van der Waals surface area contributed by atoms with E-state index in [9.17, 15) is 19.8 Å². The zero-order valence-electron chi connectivity index (χ0n) is 41.5. The molecule has 1 amide bonds. The van der Waals surface area contributed by atoms with Gasteiger partial charge in [0.25, 0.3) is 0 Å². The second-order valence-corrected chi connectivity index (χ2v) is 18.7. The van der Waals surface area contributed by atoms with Gasteiger partial charge in [-0.25, -0.2) is 0 Å². The molecule has 62 heavy (non-hydrogen) atoms. The van der Waals surface area contributed by atoms with Gasteiger partial charge in [-0.1, -0.05) is 231 Å². The van der Waals surface area contributed by atoms with Crippen LogP contribution in [-0.4, -0.2) is 46.9 Å². The van der Waals surface area contributed by atoms with Crippen molar-refractivity contribution in [3.8, 4) is 0 Å². The SMILES string of the molecule is CCCCC/C=C\CCCCCC(CC(=O)NC(CO)C(O)CCCCCCCCCCCCCCCCCCC)OC(=O)CCCCC/C=C/C=C/CCCCCCCCC. The first-order valence-corrected chi connectivity index (χ1v) is 27.2. The van der Waals surface area contributed by atoms with Gasteiger partial charge in [-0.15, -0.1) is 0 Å². The van der Waals surface area contributed by atoms with E-state index >= 15 is 0 Å². The van der Waals surface area contributed by atoms with Gasteiger partial charge in [0.05, 0.1) is 25.2 Å². The predicted molar refractivity (Wildman–Crippen MR) is 269 cm³/mol. The molecule has 0 aromatic rings. The predicted octanol–water partition coefficient (Wildman–Crippen LogP) is 16.5. The molecule has 6 heteroatoms. The largest absolute Gasteiger partial charge is 0.462 e. The average molecular weight is 872 g/mol. The normalized spacial score (nSPS) is 13.4. The van der Waals surface area contributed by atoms with Crippen molar-refractivity contribution in [1.29, 1.82) is 0 Å². The molecule has 0 aliphatic rings. The molecule has 0 radical (unpaired) electrons. The van der Waals surface area contributed by atoms with Crippen molar-refractivity contribution in [2.45, 2.75) is 302 Å². The molecule has 0 aliphatic carbocycles. The summed E-state index contributed by atoms with van der Waals surface area (Å²) in [7, 11) is 0. The van der Waals surface area contributed by atoms with Crippen LogP contribution >= 0.6 is 0 Å². The molecule has 3 unspecified atom stereocenters. The highest BCUT2D eigenvalue weighted by Gasteiger charge is 2.24. The van der Waals surface area contributed by atoms with Crippen LogP contribution in [0.5, 0.6) is 0 Å². The molecule has 0 rings (SSSR count). The first-order valence-electron chi connectivity index (χ1n) is 27.2. The minimum Gasteiger partial charge on any atom is -0.462 e. The molecule has 0 spiro atoms. The fourth-order valence-electron chi connectivity index (χ4n) is 8.30. The van der Waals surface area contributed by atoms with Crippen molar-refractivity contribution in [1.82, 2.24) is 5.32 Å². The summed E-state index contributed by atoms with van der Waals surface area (Å²) >= 11 is 0. The summed E-state index contributed by atoms with van der Waals surface area (Å²) in [5.74, 6) is -0.513. The summed E-state index contributed by atoms with van der Waals surface area (Å²) in [5, 5.41) is 23.8. The lowest BCUT2D eigenvalue weighted by Gasteiger charge is -2.24. The molecule has 0 aromatic carbocycles. The van der Waals surface area contributed by atoms with Gasteiger partial charge in [0, 0.05) is 6.42 Å². The van der Waals surface area contributed by atoms with Crippen molar-refractivity contribution in [3.05, 3.63) is 36.5 Å². The van der Waals surface area contributed by atoms with Gasteiger partial charge in [0.2, 0.25) is 5.91 Å². The third-order valence-corrected chi connectivity index (χ3v) is 12.5. The summed E-state index contributed by atoms with van der Waals surface area (Å²) in [6, 6.07) is -0.710. The van der Waals surface area contributed by atoms with E-state index in [0.717, 1.165) is 83.5 Å². The number of ether oxygens (including phenoxy) is 1. The van der Waals surface area contributed by atoms with Crippen molar-refractivity contribution in [3.63, 3.8) is 0 Å². The first-order chi connectivity index (χ1) is 30.5. The zero-order valence-corrected chi connectivity index (χ0v) is 41.5. The number of carbonyl (C=O) groups excluding carboxylic acids is 2. The molecule has 6 nitrogen and oxygen atoms in total. The number of unbranched alkanes of at least 4 members (excludes halogenated alkanes) is 32. The molecule has 0 fully saturated rings. The third-order valence-electron chi connectivity index (χ3n) is 12.5. The Labute approximate surface area is 385 Å². The molecule has 364 valence electrons. The lowest BCUT2D eigenvalue weighted by molar-refractivity contribution is -0.151. The van der Waals surface area contributed by atoms with Gasteiger partial charge in [-0.05, 0) is 77.0 Å². The van der Waals surface area contributed by atoms with Crippen LogP contribution in [0.2, 0.25) is 0 Å². The fourth-order valence-corrected chi connectivity index (χ4v) is 8.30. The van der Waals surface area contributed by atoms with Gasteiger partial charge in [-0.3, -0.25) is 9.59 Å². The molecule has 0 heterocycles. The average Bonchev–Trinajstić information content (AvgIpc) is 3.26. The number of allylic oxidation sites excluding steroid dienone is 6. The van der Waals surface area contributed by atoms with Gasteiger partial charge >= 0.3 is 5.97 Å². The van der Waals surface area contributed by atoms with Crippen LogP contribution in [0.25, 0.3) is 0 Å². The maximum absolute atomic E-state index is 13.2. The lowest BCUT2D eigenvalue weighted by atomic mass is 10.0. The molecule has 0 saturated heterocycles. The summed E-state index contributed by atoms with van der Waals surface area (Å²) < 4.78 is 5.91. The van der Waals surface area contributed by atoms with E-state index in [1.807, 2.05) is 0 Å². The van der Waals surface area contributed by atoms with Crippen LogP contribution in [0, 0.1) is 0 Å². The Morgan fingerprint density at radius 1 is 0.468 bits per heavy atom. The maximum Gasteiger partial charge on any atom is 0.306 e. The van der Waals surface area contributed by atoms with Crippen LogP contribution in [-0.2, 0) is 14.3 Å². The highest BCUT2D eigenvalue weighted by molar-refractivity contribution is 5.77. The highest BCUT2D eigenvalue weighted by atomic mass is 16.5. The van der Waals surface area contributed by atoms with Crippen LogP contribution < -0.4 is 5.32 Å². The molecule has 0 aromatic heterocycles. The number of carbonyl (C=O) groups is 2. The summed E-state index contributed by atoms with van der Waals surface area (Å²) in [6.07, 6.45) is 59.3. The molecule has 3 atom stereocenters. The number of rotatable bonds is 49. The van der Waals surface area contributed by atoms with Gasteiger partial charge in [0.15, 0.2) is 0 Å². The molecular weight excluding hydrogens is 767 g/mol. The van der Waals surface area contributed by atoms with Crippen LogP contribution in [0.4, 0.5) is 0 Å². The zero-order chi connectivity index (χ0) is 45.2. The number of nitrogens with one attached hydrogen (secondary N) is 1. The third kappa shape index (κ3) is 44.7. The van der Waals surface area contributed by atoms with E-state index in [2.05, 4.69) is 62.5 Å². The van der Waals surface area contributed by atoms with E-state index < -0.39 is 18.2 Å². The molecule has 0 saturated carbocycles. The molecular formula is C56H105NO5. The second-order valence-electron chi connectivity index (χ2n) is 18.7. The minimum absolute atomic E-state index is 0.0582. The number of esters is 1. The maximum atomic E-state index is 13.2. The molecule has 3 N–H and O–H groups in total. The number of hydrogen-bond acceptors (Lipinski definition) is 5. The fraction of sp³-hybridized carbons (Fsp3) is 0.857. The number of aliphatic hydroxyl groups is 2. The van der Waals surface area contributed by atoms with Gasteiger partial charge in [0.1, 0.15) is 6.10 Å². The Bertz CT molecular complexity index is 1020. The molecule has 0 aliphatic heterocycles. The van der Waals surface area contributed by atoms with E-state index in [0.29, 0.717) is 19.3 Å². The van der Waals surface area contributed by atoms with E-state index in [4.69, 9.17) is 4.74 Å². The lowest BCUT2D eigenvalue weighted by Crippen LogP contribution is -2.46. The Balaban J connectivity index is 4.48. The topological polar surface area (TPSA) is 95.9 Å². The summed E-state index contributed by atoms with van der Waals surface area (Å²) in [5.41, 5.74) is 0. The number of amides is 1. The smallest absolute Gasteiger partial charge is 0.306 e. The van der Waals surface area contributed by atoms with Crippen LogP contribution in [0.1, 0.15) is 284 Å². The quantitative estimate of drug-likeness (QED) is 0.0245. The molecule has 0 bridgehead atoms. The number of aliphatic hydroxyl groups excluding tert-OH is 2. The minimum atomic E-state index is -0.794. The van der Waals surface area contributed by atoms with Crippen molar-refractivity contribution < 1.29 is 24.5 Å². The van der Waals surface area contributed by atoms with Gasteiger partial charge in [-0.2, -0.15) is 0 Å². The number of hydrogen-bond donors (Lipinski definition) is 3.